The van der Waals surface area contributed by atoms with Gasteiger partial charge in [0, 0.05) is 6.20 Å². The molecule has 1 aromatic heterocycles. The molecule has 0 atom stereocenters. The van der Waals surface area contributed by atoms with E-state index in [1.807, 2.05) is 0 Å². The molecule has 0 fully saturated rings. The van der Waals surface area contributed by atoms with E-state index in [1.165, 1.54) is 12.3 Å². The summed E-state index contributed by atoms with van der Waals surface area (Å²) >= 11 is 0. The zero-order valence-corrected chi connectivity index (χ0v) is 6.17. The van der Waals surface area contributed by atoms with Crippen molar-refractivity contribution in [3.63, 3.8) is 0 Å². The Morgan fingerprint density at radius 1 is 1.58 bits per heavy atom. The second-order valence-corrected chi connectivity index (χ2v) is 2.23. The van der Waals surface area contributed by atoms with E-state index in [0.717, 1.165) is 0 Å². The van der Waals surface area contributed by atoms with Crippen LogP contribution in [0.15, 0.2) is 12.3 Å². The Labute approximate surface area is 67.8 Å². The highest BCUT2D eigenvalue weighted by molar-refractivity contribution is 5.44. The van der Waals surface area contributed by atoms with E-state index >= 15 is 0 Å². The van der Waals surface area contributed by atoms with Gasteiger partial charge < -0.3 is 10.8 Å². The highest BCUT2D eigenvalue weighted by Crippen LogP contribution is 2.26. The van der Waals surface area contributed by atoms with Gasteiger partial charge in [-0.1, -0.05) is 0 Å². The average Bonchev–Trinajstić information content (AvgIpc) is 2.03. The number of aliphatic hydroxyl groups is 1. The maximum absolute atomic E-state index is 12.2. The maximum atomic E-state index is 12.2. The standard InChI is InChI=1S/C7H8F2N2O/c8-6(9)5-4(3-12)1-2-11-7(5)10/h1-2,6,12H,3H2,(H2,10,11). The average molecular weight is 174 g/mol. The number of aliphatic hydroxyl groups excluding tert-OH is 1. The predicted octanol–water partition coefficient (Wildman–Crippen LogP) is 1.09. The smallest absolute Gasteiger partial charge is 0.267 e. The van der Waals surface area contributed by atoms with Gasteiger partial charge in [-0.25, -0.2) is 13.8 Å². The third-order valence-corrected chi connectivity index (χ3v) is 1.50. The number of alkyl halides is 2. The fourth-order valence-corrected chi connectivity index (χ4v) is 0.921. The normalized spacial score (nSPS) is 10.7. The van der Waals surface area contributed by atoms with Gasteiger partial charge in [0.05, 0.1) is 12.2 Å². The first kappa shape index (κ1) is 8.86. The van der Waals surface area contributed by atoms with Crippen LogP contribution >= 0.6 is 0 Å². The van der Waals surface area contributed by atoms with Crippen LogP contribution < -0.4 is 5.73 Å². The molecule has 0 radical (unpaired) electrons. The molecular formula is C7H8F2N2O. The molecule has 12 heavy (non-hydrogen) atoms. The highest BCUT2D eigenvalue weighted by Gasteiger charge is 2.16. The summed E-state index contributed by atoms with van der Waals surface area (Å²) in [6.07, 6.45) is -1.41. The highest BCUT2D eigenvalue weighted by atomic mass is 19.3. The van der Waals surface area contributed by atoms with Crippen LogP contribution in [0.4, 0.5) is 14.6 Å². The summed E-state index contributed by atoms with van der Waals surface area (Å²) in [6.45, 7) is -0.452. The van der Waals surface area contributed by atoms with Crippen LogP contribution in [0.25, 0.3) is 0 Å². The number of hydrogen-bond acceptors (Lipinski definition) is 3. The Hall–Kier alpha value is -1.23. The van der Waals surface area contributed by atoms with Gasteiger partial charge in [0.25, 0.3) is 6.43 Å². The van der Waals surface area contributed by atoms with Gasteiger partial charge in [-0.3, -0.25) is 0 Å². The lowest BCUT2D eigenvalue weighted by Gasteiger charge is -2.07. The molecule has 0 spiro atoms. The Morgan fingerprint density at radius 3 is 2.67 bits per heavy atom. The third-order valence-electron chi connectivity index (χ3n) is 1.50. The molecule has 3 nitrogen and oxygen atoms in total. The van der Waals surface area contributed by atoms with Crippen molar-refractivity contribution in [3.05, 3.63) is 23.4 Å². The molecule has 0 aliphatic rings. The molecule has 0 aliphatic carbocycles. The monoisotopic (exact) mass is 174 g/mol. The number of anilines is 1. The van der Waals surface area contributed by atoms with Crippen molar-refractivity contribution in [3.8, 4) is 0 Å². The minimum Gasteiger partial charge on any atom is -0.392 e. The molecule has 0 unspecified atom stereocenters. The Morgan fingerprint density at radius 2 is 2.25 bits per heavy atom. The van der Waals surface area contributed by atoms with Crippen LogP contribution in [0.2, 0.25) is 0 Å². The predicted molar refractivity (Wildman–Crippen MR) is 39.5 cm³/mol. The molecule has 0 aromatic carbocycles. The van der Waals surface area contributed by atoms with Crippen LogP contribution in [0, 0.1) is 0 Å². The number of pyridine rings is 1. The lowest BCUT2D eigenvalue weighted by molar-refractivity contribution is 0.147. The van der Waals surface area contributed by atoms with E-state index in [2.05, 4.69) is 4.98 Å². The van der Waals surface area contributed by atoms with Gasteiger partial charge >= 0.3 is 0 Å². The van der Waals surface area contributed by atoms with Crippen LogP contribution in [-0.2, 0) is 6.61 Å². The summed E-state index contributed by atoms with van der Waals surface area (Å²) in [5.41, 5.74) is 4.94. The minimum atomic E-state index is -2.69. The lowest BCUT2D eigenvalue weighted by Crippen LogP contribution is -2.02. The van der Waals surface area contributed by atoms with Crippen molar-refractivity contribution in [1.29, 1.82) is 0 Å². The van der Waals surface area contributed by atoms with Crippen molar-refractivity contribution >= 4 is 5.82 Å². The first-order valence-electron chi connectivity index (χ1n) is 3.29. The van der Waals surface area contributed by atoms with Gasteiger partial charge in [0.15, 0.2) is 0 Å². The summed E-state index contributed by atoms with van der Waals surface area (Å²) in [6, 6.07) is 1.32. The molecule has 0 bridgehead atoms. The summed E-state index contributed by atoms with van der Waals surface area (Å²) in [7, 11) is 0. The Bertz CT molecular complexity index is 278. The van der Waals surface area contributed by atoms with Gasteiger partial charge in [-0.15, -0.1) is 0 Å². The molecule has 0 aliphatic heterocycles. The van der Waals surface area contributed by atoms with Crippen LogP contribution in [0.3, 0.4) is 0 Å². The molecule has 0 saturated heterocycles. The molecular weight excluding hydrogens is 166 g/mol. The fourth-order valence-electron chi connectivity index (χ4n) is 0.921. The van der Waals surface area contributed by atoms with Crippen LogP contribution in [-0.4, -0.2) is 10.1 Å². The summed E-state index contributed by atoms with van der Waals surface area (Å²) in [5.74, 6) is -0.225. The van der Waals surface area contributed by atoms with E-state index in [1.54, 1.807) is 0 Å². The van der Waals surface area contributed by atoms with E-state index in [9.17, 15) is 8.78 Å². The van der Waals surface area contributed by atoms with Gasteiger partial charge in [0.1, 0.15) is 5.82 Å². The summed E-state index contributed by atoms with van der Waals surface area (Å²) in [5, 5.41) is 8.68. The largest absolute Gasteiger partial charge is 0.392 e. The molecule has 1 aromatic rings. The Kier molecular flexibility index (Phi) is 2.54. The van der Waals surface area contributed by atoms with Gasteiger partial charge in [-0.2, -0.15) is 0 Å². The van der Waals surface area contributed by atoms with E-state index in [0.29, 0.717) is 0 Å². The summed E-state index contributed by atoms with van der Waals surface area (Å²) < 4.78 is 24.5. The maximum Gasteiger partial charge on any atom is 0.267 e. The fraction of sp³-hybridized carbons (Fsp3) is 0.286. The minimum absolute atomic E-state index is 0.123. The first-order valence-corrected chi connectivity index (χ1v) is 3.29. The second kappa shape index (κ2) is 3.44. The van der Waals surface area contributed by atoms with Gasteiger partial charge in [-0.05, 0) is 11.6 Å². The second-order valence-electron chi connectivity index (χ2n) is 2.23. The van der Waals surface area contributed by atoms with Crippen LogP contribution in [0.5, 0.6) is 0 Å². The number of nitrogen functional groups attached to an aromatic ring is 1. The lowest BCUT2D eigenvalue weighted by atomic mass is 10.1. The molecule has 1 rings (SSSR count). The zero-order chi connectivity index (χ0) is 9.14. The number of rotatable bonds is 2. The topological polar surface area (TPSA) is 59.1 Å². The van der Waals surface area contributed by atoms with Crippen molar-refractivity contribution in [2.24, 2.45) is 0 Å². The number of aromatic nitrogens is 1. The number of hydrogen-bond donors (Lipinski definition) is 2. The number of halogens is 2. The number of nitrogens with zero attached hydrogens (tertiary/aromatic N) is 1. The SMILES string of the molecule is Nc1nccc(CO)c1C(F)F. The van der Waals surface area contributed by atoms with E-state index < -0.39 is 13.0 Å². The number of nitrogens with two attached hydrogens (primary N) is 1. The van der Waals surface area contributed by atoms with Gasteiger partial charge in [0.2, 0.25) is 0 Å². The van der Waals surface area contributed by atoms with E-state index in [4.69, 9.17) is 10.8 Å². The van der Waals surface area contributed by atoms with Crippen LogP contribution in [0.1, 0.15) is 17.6 Å². The first-order chi connectivity index (χ1) is 5.66. The van der Waals surface area contributed by atoms with Crippen molar-refractivity contribution in [2.75, 3.05) is 5.73 Å². The van der Waals surface area contributed by atoms with E-state index in [-0.39, 0.29) is 16.9 Å². The summed E-state index contributed by atoms with van der Waals surface area (Å²) in [4.78, 5) is 3.50. The Balaban J connectivity index is 3.20. The molecule has 66 valence electrons. The zero-order valence-electron chi connectivity index (χ0n) is 6.17. The molecule has 0 amide bonds. The quantitative estimate of drug-likeness (QED) is 0.705. The van der Waals surface area contributed by atoms with Crippen molar-refractivity contribution in [2.45, 2.75) is 13.0 Å². The molecule has 1 heterocycles. The van der Waals surface area contributed by atoms with Crippen molar-refractivity contribution in [1.82, 2.24) is 4.98 Å². The molecule has 3 N–H and O–H groups in total. The molecule has 5 heteroatoms. The third kappa shape index (κ3) is 1.50. The molecule has 0 saturated carbocycles. The van der Waals surface area contributed by atoms with Crippen molar-refractivity contribution < 1.29 is 13.9 Å².